The smallest absolute Gasteiger partial charge is 0.0465 e. The van der Waals surface area contributed by atoms with Gasteiger partial charge in [-0.25, -0.2) is 0 Å². The van der Waals surface area contributed by atoms with E-state index in [2.05, 4.69) is 20.8 Å². The summed E-state index contributed by atoms with van der Waals surface area (Å²) >= 11 is 0. The van der Waals surface area contributed by atoms with Gasteiger partial charge in [-0.05, 0) is 18.3 Å². The van der Waals surface area contributed by atoms with Crippen molar-refractivity contribution in [3.8, 4) is 0 Å². The molecule has 0 aliphatic heterocycles. The van der Waals surface area contributed by atoms with Gasteiger partial charge in [0.25, 0.3) is 0 Å². The molecule has 0 rings (SSSR count). The van der Waals surface area contributed by atoms with Gasteiger partial charge in [0.1, 0.15) is 0 Å². The van der Waals surface area contributed by atoms with Gasteiger partial charge in [-0.15, -0.1) is 0 Å². The molecule has 1 nitrogen and oxygen atoms in total. The van der Waals surface area contributed by atoms with Crippen LogP contribution in [0.1, 0.15) is 47.5 Å². The minimum atomic E-state index is 0.806. The van der Waals surface area contributed by atoms with Crippen molar-refractivity contribution in [1.29, 1.82) is 0 Å². The maximum absolute atomic E-state index is 5.02. The Hall–Kier alpha value is -0.0400. The van der Waals surface area contributed by atoms with Gasteiger partial charge >= 0.3 is 0 Å². The van der Waals surface area contributed by atoms with Gasteiger partial charge in [0.05, 0.1) is 0 Å². The lowest BCUT2D eigenvalue weighted by Crippen LogP contribution is -2.09. The summed E-state index contributed by atoms with van der Waals surface area (Å²) in [6.45, 7) is 11.7. The monoisotopic (exact) mass is 174 g/mol. The average molecular weight is 174 g/mol. The molecule has 0 fully saturated rings. The van der Waals surface area contributed by atoms with Crippen LogP contribution < -0.4 is 0 Å². The molecule has 0 saturated carbocycles. The van der Waals surface area contributed by atoms with Gasteiger partial charge in [0.15, 0.2) is 0 Å². The lowest BCUT2D eigenvalue weighted by Gasteiger charge is -2.17. The molecule has 0 N–H and O–H groups in total. The maximum atomic E-state index is 5.02. The third-order valence-corrected chi connectivity index (χ3v) is 2.16. The molecule has 76 valence electrons. The van der Waals surface area contributed by atoms with Gasteiger partial charge in [-0.2, -0.15) is 0 Å². The van der Waals surface area contributed by atoms with Crippen molar-refractivity contribution < 1.29 is 4.74 Å². The zero-order chi connectivity index (χ0) is 9.98. The van der Waals surface area contributed by atoms with Gasteiger partial charge in [-0.1, -0.05) is 41.0 Å². The van der Waals surface area contributed by atoms with E-state index in [9.17, 15) is 0 Å². The largest absolute Gasteiger partial charge is 0.385 e. The Morgan fingerprint density at radius 1 is 1.17 bits per heavy atom. The van der Waals surface area contributed by atoms with Crippen LogP contribution in [0.5, 0.6) is 0 Å². The highest BCUT2D eigenvalue weighted by Gasteiger charge is 2.09. The number of ether oxygens (including phenoxy) is 1. The van der Waals surface area contributed by atoms with Crippen LogP contribution in [-0.4, -0.2) is 13.7 Å². The van der Waals surface area contributed by atoms with Gasteiger partial charge < -0.3 is 4.74 Å². The SMILES string of the molecule is CC.CCC(CCOC)C(C)C. The van der Waals surface area contributed by atoms with Crippen LogP contribution in [0.4, 0.5) is 0 Å². The summed E-state index contributed by atoms with van der Waals surface area (Å²) < 4.78 is 5.02. The summed E-state index contributed by atoms with van der Waals surface area (Å²) in [6.07, 6.45) is 2.49. The van der Waals surface area contributed by atoms with Gasteiger partial charge in [0.2, 0.25) is 0 Å². The summed E-state index contributed by atoms with van der Waals surface area (Å²) in [5.41, 5.74) is 0. The van der Waals surface area contributed by atoms with E-state index in [0.717, 1.165) is 18.4 Å². The van der Waals surface area contributed by atoms with Crippen molar-refractivity contribution in [3.63, 3.8) is 0 Å². The van der Waals surface area contributed by atoms with Crippen LogP contribution in [0.3, 0.4) is 0 Å². The molecule has 0 aliphatic carbocycles. The predicted molar refractivity (Wildman–Crippen MR) is 56.5 cm³/mol. The van der Waals surface area contributed by atoms with Crippen LogP contribution in [-0.2, 0) is 4.74 Å². The highest BCUT2D eigenvalue weighted by Crippen LogP contribution is 2.18. The van der Waals surface area contributed by atoms with Crippen LogP contribution in [0, 0.1) is 11.8 Å². The first-order valence-corrected chi connectivity index (χ1v) is 5.21. The fourth-order valence-electron chi connectivity index (χ4n) is 1.28. The Bertz CT molecular complexity index is 69.4. The summed E-state index contributed by atoms with van der Waals surface area (Å²) in [4.78, 5) is 0. The van der Waals surface area contributed by atoms with E-state index in [4.69, 9.17) is 4.74 Å². The first-order chi connectivity index (χ1) is 5.72. The Labute approximate surface area is 78.5 Å². The summed E-state index contributed by atoms with van der Waals surface area (Å²) in [5.74, 6) is 1.65. The predicted octanol–water partition coefficient (Wildman–Crippen LogP) is 3.73. The first kappa shape index (κ1) is 14.5. The van der Waals surface area contributed by atoms with Crippen molar-refractivity contribution in [1.82, 2.24) is 0 Å². The molecule has 1 heteroatoms. The molecule has 0 amide bonds. The van der Waals surface area contributed by atoms with E-state index in [1.807, 2.05) is 13.8 Å². The van der Waals surface area contributed by atoms with Crippen molar-refractivity contribution in [2.24, 2.45) is 11.8 Å². The van der Waals surface area contributed by atoms with E-state index in [-0.39, 0.29) is 0 Å². The molecule has 1 unspecified atom stereocenters. The van der Waals surface area contributed by atoms with Crippen molar-refractivity contribution in [3.05, 3.63) is 0 Å². The van der Waals surface area contributed by atoms with E-state index in [1.165, 1.54) is 12.8 Å². The zero-order valence-corrected chi connectivity index (χ0v) is 9.68. The normalized spacial score (nSPS) is 12.2. The third kappa shape index (κ3) is 8.06. The summed E-state index contributed by atoms with van der Waals surface area (Å²) in [7, 11) is 1.77. The van der Waals surface area contributed by atoms with Crippen molar-refractivity contribution >= 4 is 0 Å². The topological polar surface area (TPSA) is 9.23 Å². The maximum Gasteiger partial charge on any atom is 0.0465 e. The molecule has 0 bridgehead atoms. The van der Waals surface area contributed by atoms with E-state index in [0.29, 0.717) is 0 Å². The molecule has 0 saturated heterocycles. The molecular formula is C11H26O. The lowest BCUT2D eigenvalue weighted by molar-refractivity contribution is 0.163. The molecule has 0 aromatic carbocycles. The minimum absolute atomic E-state index is 0.806. The van der Waals surface area contributed by atoms with E-state index in [1.54, 1.807) is 7.11 Å². The molecule has 0 aromatic heterocycles. The van der Waals surface area contributed by atoms with Crippen LogP contribution in [0.25, 0.3) is 0 Å². The van der Waals surface area contributed by atoms with Gasteiger partial charge in [-0.3, -0.25) is 0 Å². The van der Waals surface area contributed by atoms with E-state index < -0.39 is 0 Å². The Kier molecular flexibility index (Phi) is 13.2. The molecule has 0 heterocycles. The lowest BCUT2D eigenvalue weighted by atomic mass is 9.91. The number of hydrogen-bond acceptors (Lipinski definition) is 1. The second-order valence-electron chi connectivity index (χ2n) is 3.19. The molecular weight excluding hydrogens is 148 g/mol. The first-order valence-electron chi connectivity index (χ1n) is 5.21. The summed E-state index contributed by atoms with van der Waals surface area (Å²) in [6, 6.07) is 0. The zero-order valence-electron chi connectivity index (χ0n) is 9.68. The molecule has 0 radical (unpaired) electrons. The Morgan fingerprint density at radius 2 is 1.67 bits per heavy atom. The fourth-order valence-corrected chi connectivity index (χ4v) is 1.28. The van der Waals surface area contributed by atoms with Gasteiger partial charge in [0, 0.05) is 13.7 Å². The summed E-state index contributed by atoms with van der Waals surface area (Å²) in [5, 5.41) is 0. The van der Waals surface area contributed by atoms with Crippen LogP contribution >= 0.6 is 0 Å². The van der Waals surface area contributed by atoms with Crippen LogP contribution in [0.2, 0.25) is 0 Å². The number of rotatable bonds is 5. The second-order valence-corrected chi connectivity index (χ2v) is 3.19. The highest BCUT2D eigenvalue weighted by molar-refractivity contribution is 4.60. The quantitative estimate of drug-likeness (QED) is 0.617. The molecule has 1 atom stereocenters. The highest BCUT2D eigenvalue weighted by atomic mass is 16.5. The van der Waals surface area contributed by atoms with Crippen LogP contribution in [0.15, 0.2) is 0 Å². The Morgan fingerprint density at radius 3 is 1.92 bits per heavy atom. The number of methoxy groups -OCH3 is 1. The van der Waals surface area contributed by atoms with Crippen molar-refractivity contribution in [2.75, 3.05) is 13.7 Å². The molecule has 0 aliphatic rings. The molecule has 0 aromatic rings. The Balaban J connectivity index is 0. The third-order valence-electron chi connectivity index (χ3n) is 2.16. The van der Waals surface area contributed by atoms with E-state index >= 15 is 0 Å². The molecule has 12 heavy (non-hydrogen) atoms. The fraction of sp³-hybridized carbons (Fsp3) is 1.00. The minimum Gasteiger partial charge on any atom is -0.385 e. The molecule has 0 spiro atoms. The van der Waals surface area contributed by atoms with Crippen molar-refractivity contribution in [2.45, 2.75) is 47.5 Å². The standard InChI is InChI=1S/C9H20O.C2H6/c1-5-9(8(2)3)6-7-10-4;1-2/h8-9H,5-7H2,1-4H3;1-2H3. The second kappa shape index (κ2) is 11.0. The average Bonchev–Trinajstić information content (AvgIpc) is 2.09. The number of hydrogen-bond donors (Lipinski definition) is 0.